The van der Waals surface area contributed by atoms with Crippen LogP contribution in [-0.2, 0) is 10.0 Å². The Bertz CT molecular complexity index is 707. The van der Waals surface area contributed by atoms with Crippen LogP contribution in [0.5, 0.6) is 0 Å². The highest BCUT2D eigenvalue weighted by Crippen LogP contribution is 2.27. The number of hydrogen-bond donors (Lipinski definition) is 2. The molecule has 0 radical (unpaired) electrons. The minimum Gasteiger partial charge on any atom is -0.329 e. The lowest BCUT2D eigenvalue weighted by Gasteiger charge is -2.31. The number of nitro benzene ring substituents is 1. The van der Waals surface area contributed by atoms with Crippen molar-refractivity contribution in [3.8, 4) is 0 Å². The van der Waals surface area contributed by atoms with Crippen molar-refractivity contribution >= 4 is 28.1 Å². The Balaban J connectivity index is 0.00000529. The highest BCUT2D eigenvalue weighted by atomic mass is 35.5. The summed E-state index contributed by atoms with van der Waals surface area (Å²) in [6.45, 7) is 9.12. The third kappa shape index (κ3) is 5.41. The molecule has 3 N–H and O–H groups in total. The zero-order chi connectivity index (χ0) is 18.0. The van der Waals surface area contributed by atoms with E-state index in [-0.39, 0.29) is 35.5 Å². The minimum absolute atomic E-state index is 0. The molecule has 0 aliphatic rings. The van der Waals surface area contributed by atoms with E-state index in [0.29, 0.717) is 17.5 Å². The van der Waals surface area contributed by atoms with Gasteiger partial charge >= 0.3 is 0 Å². The number of nitrogens with two attached hydrogens (primary N) is 1. The van der Waals surface area contributed by atoms with Crippen molar-refractivity contribution in [2.45, 2.75) is 51.5 Å². The highest BCUT2D eigenvalue weighted by Gasteiger charge is 2.32. The average molecular weight is 380 g/mol. The van der Waals surface area contributed by atoms with Crippen molar-refractivity contribution in [1.29, 1.82) is 0 Å². The van der Waals surface area contributed by atoms with Crippen molar-refractivity contribution in [2.75, 3.05) is 6.54 Å². The lowest BCUT2D eigenvalue weighted by molar-refractivity contribution is -0.385. The Morgan fingerprint density at radius 2 is 1.88 bits per heavy atom. The molecule has 9 heteroatoms. The van der Waals surface area contributed by atoms with Crippen LogP contribution in [0.1, 0.15) is 38.3 Å². The van der Waals surface area contributed by atoms with Crippen LogP contribution in [0.4, 0.5) is 5.69 Å². The molecule has 0 aromatic heterocycles. The van der Waals surface area contributed by atoms with Gasteiger partial charge in [-0.1, -0.05) is 13.8 Å². The Labute approximate surface area is 149 Å². The molecule has 0 spiro atoms. The normalized spacial score (nSPS) is 14.1. The van der Waals surface area contributed by atoms with Crippen molar-refractivity contribution in [1.82, 2.24) is 4.72 Å². The fraction of sp³-hybridized carbons (Fsp3) is 0.600. The molecule has 0 amide bonds. The molecule has 0 saturated heterocycles. The third-order valence-corrected chi connectivity index (χ3v) is 5.56. The van der Waals surface area contributed by atoms with Crippen LogP contribution < -0.4 is 10.5 Å². The molecule has 1 atom stereocenters. The van der Waals surface area contributed by atoms with Crippen molar-refractivity contribution in [2.24, 2.45) is 11.7 Å². The van der Waals surface area contributed by atoms with Gasteiger partial charge in [0.2, 0.25) is 10.0 Å². The molecule has 1 unspecified atom stereocenters. The minimum atomic E-state index is -3.92. The predicted octanol–water partition coefficient (Wildman–Crippen LogP) is 2.68. The summed E-state index contributed by atoms with van der Waals surface area (Å²) in [6, 6.07) is 2.46. The Morgan fingerprint density at radius 1 is 1.33 bits per heavy atom. The summed E-state index contributed by atoms with van der Waals surface area (Å²) in [5.41, 5.74) is 5.75. The van der Waals surface area contributed by atoms with E-state index in [4.69, 9.17) is 5.73 Å². The number of halogens is 1. The molecule has 1 aromatic carbocycles. The first-order valence-electron chi connectivity index (χ1n) is 7.41. The van der Waals surface area contributed by atoms with Gasteiger partial charge in [-0.15, -0.1) is 12.4 Å². The summed E-state index contributed by atoms with van der Waals surface area (Å²) in [5, 5.41) is 11.0. The first-order valence-corrected chi connectivity index (χ1v) is 8.90. The standard InChI is InChI=1S/C15H25N3O4S.ClH/c1-10(2)8-15(5,9-16)17-23(21,22)14-7-13(18(19)20)6-11(3)12(14)4;/h6-7,10,17H,8-9,16H2,1-5H3;1H. The molecule has 7 nitrogen and oxygen atoms in total. The van der Waals surface area contributed by atoms with E-state index in [1.54, 1.807) is 20.8 Å². The molecule has 1 rings (SSSR count). The molecule has 0 saturated carbocycles. The van der Waals surface area contributed by atoms with Gasteiger partial charge in [-0.3, -0.25) is 10.1 Å². The number of nitro groups is 1. The lowest BCUT2D eigenvalue weighted by atomic mass is 9.92. The van der Waals surface area contributed by atoms with Crippen molar-refractivity contribution in [3.05, 3.63) is 33.4 Å². The van der Waals surface area contributed by atoms with E-state index in [1.165, 1.54) is 6.07 Å². The van der Waals surface area contributed by atoms with Gasteiger partial charge in [0.1, 0.15) is 0 Å². The summed E-state index contributed by atoms with van der Waals surface area (Å²) >= 11 is 0. The van der Waals surface area contributed by atoms with E-state index in [9.17, 15) is 18.5 Å². The van der Waals surface area contributed by atoms with Crippen LogP contribution >= 0.6 is 12.4 Å². The smallest absolute Gasteiger partial charge is 0.271 e. The number of sulfonamides is 1. The molecular formula is C15H26ClN3O4S. The van der Waals surface area contributed by atoms with Gasteiger partial charge in [-0.05, 0) is 44.2 Å². The quantitative estimate of drug-likeness (QED) is 0.558. The Kier molecular flexibility index (Phi) is 7.82. The fourth-order valence-corrected chi connectivity index (χ4v) is 4.41. The molecule has 0 fully saturated rings. The highest BCUT2D eigenvalue weighted by molar-refractivity contribution is 7.89. The molecular weight excluding hydrogens is 354 g/mol. The van der Waals surface area contributed by atoms with Crippen LogP contribution in [0.25, 0.3) is 0 Å². The zero-order valence-corrected chi connectivity index (χ0v) is 16.3. The molecule has 0 bridgehead atoms. The predicted molar refractivity (Wildman–Crippen MR) is 97.1 cm³/mol. The number of rotatable bonds is 7. The summed E-state index contributed by atoms with van der Waals surface area (Å²) in [6.07, 6.45) is 0.565. The van der Waals surface area contributed by atoms with Gasteiger partial charge in [-0.25, -0.2) is 13.1 Å². The third-order valence-electron chi connectivity index (χ3n) is 3.79. The molecule has 0 aliphatic heterocycles. The molecule has 0 aliphatic carbocycles. The van der Waals surface area contributed by atoms with Crippen LogP contribution in [0, 0.1) is 29.9 Å². The van der Waals surface area contributed by atoms with E-state index < -0.39 is 20.5 Å². The first-order chi connectivity index (χ1) is 10.4. The maximum absolute atomic E-state index is 12.7. The molecule has 138 valence electrons. The molecule has 0 heterocycles. The Hall–Kier alpha value is -1.22. The number of non-ortho nitro benzene ring substituents is 1. The summed E-state index contributed by atoms with van der Waals surface area (Å²) in [5.74, 6) is 0.249. The van der Waals surface area contributed by atoms with E-state index >= 15 is 0 Å². The van der Waals surface area contributed by atoms with E-state index in [0.717, 1.165) is 6.07 Å². The summed E-state index contributed by atoms with van der Waals surface area (Å²) < 4.78 is 28.1. The van der Waals surface area contributed by atoms with Gasteiger partial charge in [0.05, 0.1) is 9.82 Å². The van der Waals surface area contributed by atoms with Crippen LogP contribution in [0.3, 0.4) is 0 Å². The second kappa shape index (κ2) is 8.24. The van der Waals surface area contributed by atoms with Gasteiger partial charge in [0.25, 0.3) is 5.69 Å². The number of aryl methyl sites for hydroxylation is 1. The monoisotopic (exact) mass is 379 g/mol. The number of nitrogens with one attached hydrogen (secondary N) is 1. The first kappa shape index (κ1) is 22.8. The fourth-order valence-electron chi connectivity index (χ4n) is 2.64. The van der Waals surface area contributed by atoms with Crippen molar-refractivity contribution < 1.29 is 13.3 Å². The van der Waals surface area contributed by atoms with Crippen LogP contribution in [0.15, 0.2) is 17.0 Å². The topological polar surface area (TPSA) is 115 Å². The molecule has 24 heavy (non-hydrogen) atoms. The van der Waals surface area contributed by atoms with E-state index in [2.05, 4.69) is 4.72 Å². The van der Waals surface area contributed by atoms with Crippen LogP contribution in [-0.4, -0.2) is 25.4 Å². The van der Waals surface area contributed by atoms with Crippen molar-refractivity contribution in [3.63, 3.8) is 0 Å². The van der Waals surface area contributed by atoms with Gasteiger partial charge in [-0.2, -0.15) is 0 Å². The van der Waals surface area contributed by atoms with Gasteiger partial charge in [0, 0.05) is 24.2 Å². The average Bonchev–Trinajstić information content (AvgIpc) is 2.39. The number of benzene rings is 1. The second-order valence-corrected chi connectivity index (χ2v) is 8.26. The summed E-state index contributed by atoms with van der Waals surface area (Å²) in [4.78, 5) is 10.3. The lowest BCUT2D eigenvalue weighted by Crippen LogP contribution is -2.52. The van der Waals surface area contributed by atoms with Gasteiger partial charge < -0.3 is 5.73 Å². The largest absolute Gasteiger partial charge is 0.329 e. The number of hydrogen-bond acceptors (Lipinski definition) is 5. The number of nitrogens with zero attached hydrogens (tertiary/aromatic N) is 1. The molecule has 1 aromatic rings. The van der Waals surface area contributed by atoms with E-state index in [1.807, 2.05) is 13.8 Å². The summed E-state index contributed by atoms with van der Waals surface area (Å²) in [7, 11) is -3.92. The van der Waals surface area contributed by atoms with Crippen LogP contribution in [0.2, 0.25) is 0 Å². The maximum atomic E-state index is 12.7. The zero-order valence-electron chi connectivity index (χ0n) is 14.6. The second-order valence-electron chi connectivity index (χ2n) is 6.61. The maximum Gasteiger partial charge on any atom is 0.271 e. The SMILES string of the molecule is Cc1cc([N+](=O)[O-])cc(S(=O)(=O)NC(C)(CN)CC(C)C)c1C.Cl. The van der Waals surface area contributed by atoms with Gasteiger partial charge in [0.15, 0.2) is 0 Å². The Morgan fingerprint density at radius 3 is 2.29 bits per heavy atom.